The Kier molecular flexibility index (Phi) is 4.85. The zero-order chi connectivity index (χ0) is 19.0. The number of hydrogen-bond donors (Lipinski definition) is 1. The second-order valence-electron chi connectivity index (χ2n) is 6.34. The van der Waals surface area contributed by atoms with Crippen molar-refractivity contribution in [1.29, 1.82) is 0 Å². The molecule has 2 aliphatic rings. The van der Waals surface area contributed by atoms with Crippen molar-refractivity contribution in [2.24, 2.45) is 0 Å². The number of ether oxygens (including phenoxy) is 2. The first kappa shape index (κ1) is 17.9. The number of fused-ring (bicyclic) bond motifs is 1. The average molecular weight is 407 g/mol. The van der Waals surface area contributed by atoms with Crippen LogP contribution in [0.4, 0.5) is 5.69 Å². The van der Waals surface area contributed by atoms with Crippen molar-refractivity contribution < 1.29 is 19.1 Å². The smallest absolute Gasteiger partial charge is 0.256 e. The highest BCUT2D eigenvalue weighted by atomic mass is 35.5. The molecular weight excluding hydrogens is 391 g/mol. The van der Waals surface area contributed by atoms with E-state index in [0.717, 1.165) is 6.42 Å². The quantitative estimate of drug-likeness (QED) is 0.837. The number of benzene rings is 2. The van der Waals surface area contributed by atoms with Gasteiger partial charge in [0.05, 0.1) is 10.6 Å². The van der Waals surface area contributed by atoms with Gasteiger partial charge in [0.1, 0.15) is 6.04 Å². The summed E-state index contributed by atoms with van der Waals surface area (Å²) in [4.78, 5) is 27.2. The minimum absolute atomic E-state index is 0.165. The van der Waals surface area contributed by atoms with Crippen molar-refractivity contribution in [3.05, 3.63) is 52.0 Å². The van der Waals surface area contributed by atoms with Crippen molar-refractivity contribution in [3.8, 4) is 11.5 Å². The van der Waals surface area contributed by atoms with Crippen LogP contribution in [-0.4, -0.2) is 36.1 Å². The topological polar surface area (TPSA) is 67.9 Å². The van der Waals surface area contributed by atoms with Gasteiger partial charge >= 0.3 is 0 Å². The summed E-state index contributed by atoms with van der Waals surface area (Å²) >= 11 is 12.1. The monoisotopic (exact) mass is 406 g/mol. The van der Waals surface area contributed by atoms with E-state index in [4.69, 9.17) is 32.7 Å². The largest absolute Gasteiger partial charge is 0.454 e. The lowest BCUT2D eigenvalue weighted by Crippen LogP contribution is -2.43. The molecule has 0 aromatic heterocycles. The Hall–Kier alpha value is -2.44. The van der Waals surface area contributed by atoms with Gasteiger partial charge in [-0.2, -0.15) is 0 Å². The number of anilines is 1. The Bertz CT molecular complexity index is 919. The second-order valence-corrected chi connectivity index (χ2v) is 7.18. The molecule has 8 heteroatoms. The first-order chi connectivity index (χ1) is 13.0. The Morgan fingerprint density at radius 1 is 1.07 bits per heavy atom. The number of nitrogens with zero attached hydrogens (tertiary/aromatic N) is 1. The van der Waals surface area contributed by atoms with Gasteiger partial charge in [-0.15, -0.1) is 0 Å². The van der Waals surface area contributed by atoms with Crippen LogP contribution in [-0.2, 0) is 4.79 Å². The van der Waals surface area contributed by atoms with E-state index >= 15 is 0 Å². The number of likely N-dealkylation sites (tertiary alicyclic amines) is 1. The molecule has 2 amide bonds. The molecule has 27 heavy (non-hydrogen) atoms. The van der Waals surface area contributed by atoms with E-state index in [9.17, 15) is 9.59 Å². The van der Waals surface area contributed by atoms with Gasteiger partial charge in [0, 0.05) is 23.3 Å². The van der Waals surface area contributed by atoms with E-state index in [1.54, 1.807) is 35.2 Å². The molecule has 2 heterocycles. The van der Waals surface area contributed by atoms with E-state index in [1.807, 2.05) is 0 Å². The third kappa shape index (κ3) is 3.55. The predicted molar refractivity (Wildman–Crippen MR) is 102 cm³/mol. The first-order valence-electron chi connectivity index (χ1n) is 8.49. The van der Waals surface area contributed by atoms with Gasteiger partial charge < -0.3 is 19.7 Å². The van der Waals surface area contributed by atoms with E-state index in [2.05, 4.69) is 5.32 Å². The predicted octanol–water partition coefficient (Wildman–Crippen LogP) is 3.97. The number of carbonyl (C=O) groups excluding carboxylic acids is 2. The molecule has 1 saturated heterocycles. The molecule has 2 aromatic carbocycles. The van der Waals surface area contributed by atoms with Gasteiger partial charge in [-0.1, -0.05) is 23.2 Å². The molecule has 140 valence electrons. The molecule has 0 aliphatic carbocycles. The Morgan fingerprint density at radius 3 is 2.74 bits per heavy atom. The average Bonchev–Trinajstić information content (AvgIpc) is 3.31. The normalized spacial score (nSPS) is 17.9. The van der Waals surface area contributed by atoms with Crippen molar-refractivity contribution in [2.45, 2.75) is 18.9 Å². The fourth-order valence-corrected chi connectivity index (χ4v) is 3.67. The summed E-state index contributed by atoms with van der Waals surface area (Å²) in [6.07, 6.45) is 1.32. The molecule has 0 bridgehead atoms. The van der Waals surface area contributed by atoms with Crippen molar-refractivity contribution >= 4 is 40.7 Å². The second kappa shape index (κ2) is 7.29. The van der Waals surface area contributed by atoms with E-state index in [1.165, 1.54) is 6.07 Å². The van der Waals surface area contributed by atoms with Crippen molar-refractivity contribution in [2.75, 3.05) is 18.7 Å². The third-order valence-electron chi connectivity index (χ3n) is 4.62. The maximum atomic E-state index is 12.9. The van der Waals surface area contributed by atoms with Crippen LogP contribution in [0.15, 0.2) is 36.4 Å². The lowest BCUT2D eigenvalue weighted by Gasteiger charge is -2.24. The summed E-state index contributed by atoms with van der Waals surface area (Å²) < 4.78 is 10.6. The lowest BCUT2D eigenvalue weighted by molar-refractivity contribution is -0.119. The van der Waals surface area contributed by atoms with Gasteiger partial charge in [0.25, 0.3) is 5.91 Å². The number of nitrogens with one attached hydrogen (secondary N) is 1. The van der Waals surface area contributed by atoms with E-state index in [0.29, 0.717) is 45.8 Å². The zero-order valence-electron chi connectivity index (χ0n) is 14.2. The number of hydrogen-bond acceptors (Lipinski definition) is 4. The molecule has 1 unspecified atom stereocenters. The lowest BCUT2D eigenvalue weighted by atomic mass is 10.1. The Morgan fingerprint density at radius 2 is 1.89 bits per heavy atom. The highest BCUT2D eigenvalue weighted by Crippen LogP contribution is 2.34. The fraction of sp³-hybridized carbons (Fsp3) is 0.263. The molecule has 2 aliphatic heterocycles. The molecule has 4 rings (SSSR count). The molecule has 1 N–H and O–H groups in total. The van der Waals surface area contributed by atoms with Gasteiger partial charge in [0.2, 0.25) is 12.7 Å². The molecule has 1 fully saturated rings. The van der Waals surface area contributed by atoms with Crippen LogP contribution in [0.2, 0.25) is 10.0 Å². The maximum Gasteiger partial charge on any atom is 0.256 e. The standard InChI is InChI=1S/C19H16Cl2N2O4/c20-11-3-5-14(21)13(8-11)19(25)23-7-1-2-15(23)18(24)22-12-4-6-16-17(9-12)27-10-26-16/h3-6,8-9,15H,1-2,7,10H2,(H,22,24). The Balaban J connectivity index is 1.51. The number of amides is 2. The van der Waals surface area contributed by atoms with Gasteiger partial charge in [-0.3, -0.25) is 9.59 Å². The molecule has 0 saturated carbocycles. The molecule has 2 aromatic rings. The zero-order valence-corrected chi connectivity index (χ0v) is 15.7. The summed E-state index contributed by atoms with van der Waals surface area (Å²) in [5.41, 5.74) is 0.885. The van der Waals surface area contributed by atoms with Gasteiger partial charge in [-0.25, -0.2) is 0 Å². The summed E-state index contributed by atoms with van der Waals surface area (Å²) in [6.45, 7) is 0.652. The van der Waals surface area contributed by atoms with Crippen LogP contribution in [0.25, 0.3) is 0 Å². The fourth-order valence-electron chi connectivity index (χ4n) is 3.30. The summed E-state index contributed by atoms with van der Waals surface area (Å²) in [5.74, 6) is 0.669. The molecule has 1 atom stereocenters. The number of halogens is 2. The van der Waals surface area contributed by atoms with E-state index in [-0.39, 0.29) is 18.6 Å². The highest BCUT2D eigenvalue weighted by Gasteiger charge is 2.35. The molecular formula is C19H16Cl2N2O4. The molecule has 0 spiro atoms. The minimum Gasteiger partial charge on any atom is -0.454 e. The van der Waals surface area contributed by atoms with Crippen molar-refractivity contribution in [3.63, 3.8) is 0 Å². The number of carbonyl (C=O) groups is 2. The first-order valence-corrected chi connectivity index (χ1v) is 9.25. The maximum absolute atomic E-state index is 12.9. The van der Waals surface area contributed by atoms with Crippen LogP contribution in [0.3, 0.4) is 0 Å². The Labute approximate surface area is 165 Å². The van der Waals surface area contributed by atoms with Crippen LogP contribution >= 0.6 is 23.2 Å². The molecule has 0 radical (unpaired) electrons. The molecule has 6 nitrogen and oxygen atoms in total. The van der Waals surface area contributed by atoms with Gasteiger partial charge in [0.15, 0.2) is 11.5 Å². The van der Waals surface area contributed by atoms with E-state index < -0.39 is 6.04 Å². The highest BCUT2D eigenvalue weighted by molar-refractivity contribution is 6.35. The van der Waals surface area contributed by atoms with Crippen molar-refractivity contribution in [1.82, 2.24) is 4.90 Å². The van der Waals surface area contributed by atoms with Crippen LogP contribution in [0.5, 0.6) is 11.5 Å². The van der Waals surface area contributed by atoms with Crippen LogP contribution < -0.4 is 14.8 Å². The SMILES string of the molecule is O=C(Nc1ccc2c(c1)OCO2)C1CCCN1C(=O)c1cc(Cl)ccc1Cl. The summed E-state index contributed by atoms with van der Waals surface area (Å²) in [7, 11) is 0. The van der Waals surface area contributed by atoms with Crippen LogP contribution in [0.1, 0.15) is 23.2 Å². The summed E-state index contributed by atoms with van der Waals surface area (Å²) in [5, 5.41) is 3.58. The minimum atomic E-state index is -0.571. The van der Waals surface area contributed by atoms with Crippen LogP contribution in [0, 0.1) is 0 Å². The van der Waals surface area contributed by atoms with Gasteiger partial charge in [-0.05, 0) is 43.2 Å². The summed E-state index contributed by atoms with van der Waals surface area (Å²) in [6, 6.07) is 9.33. The third-order valence-corrected chi connectivity index (χ3v) is 5.18. The number of rotatable bonds is 3.